The van der Waals surface area contributed by atoms with E-state index >= 15 is 0 Å². The van der Waals surface area contributed by atoms with Gasteiger partial charge in [0.25, 0.3) is 5.91 Å². The molecule has 0 atom stereocenters. The Morgan fingerprint density at radius 3 is 2.48 bits per heavy atom. The molecule has 146 valence electrons. The predicted octanol–water partition coefficient (Wildman–Crippen LogP) is 5.27. The lowest BCUT2D eigenvalue weighted by Crippen LogP contribution is -2.25. The van der Waals surface area contributed by atoms with Crippen LogP contribution in [0.2, 0.25) is 5.02 Å². The fourth-order valence-electron chi connectivity index (χ4n) is 3.12. The Balaban J connectivity index is 1.46. The molecule has 0 aliphatic heterocycles. The van der Waals surface area contributed by atoms with Gasteiger partial charge in [-0.15, -0.1) is 0 Å². The summed E-state index contributed by atoms with van der Waals surface area (Å²) in [6.45, 7) is 2.38. The second-order valence-corrected chi connectivity index (χ2v) is 7.01. The Hall–Kier alpha value is -3.31. The number of amides is 1. The molecule has 4 rings (SSSR count). The molecule has 0 saturated heterocycles. The molecule has 4 aromatic rings. The molecule has 5 nitrogen and oxygen atoms in total. The van der Waals surface area contributed by atoms with Crippen LogP contribution in [0.1, 0.15) is 28.7 Å². The summed E-state index contributed by atoms with van der Waals surface area (Å²) >= 11 is 6.10. The fraction of sp³-hybridized carbons (Fsp3) is 0.130. The van der Waals surface area contributed by atoms with E-state index in [1.54, 1.807) is 16.7 Å². The maximum absolute atomic E-state index is 12.9. The number of halogens is 1. The molecule has 2 aromatic heterocycles. The lowest BCUT2D eigenvalue weighted by atomic mass is 10.2. The van der Waals surface area contributed by atoms with Gasteiger partial charge < -0.3 is 10.1 Å². The molecule has 0 aliphatic rings. The molecule has 0 aliphatic carbocycles. The van der Waals surface area contributed by atoms with Crippen molar-refractivity contribution in [3.8, 4) is 11.5 Å². The highest BCUT2D eigenvalue weighted by Crippen LogP contribution is 2.21. The largest absolute Gasteiger partial charge is 0.457 e. The van der Waals surface area contributed by atoms with Crippen molar-refractivity contribution in [3.63, 3.8) is 0 Å². The van der Waals surface area contributed by atoms with Gasteiger partial charge in [-0.1, -0.05) is 48.9 Å². The second-order valence-electron chi connectivity index (χ2n) is 6.58. The quantitative estimate of drug-likeness (QED) is 0.475. The number of hydrogen-bond donors (Lipinski definition) is 1. The van der Waals surface area contributed by atoms with Crippen LogP contribution in [0.25, 0.3) is 5.65 Å². The number of nitrogens with zero attached hydrogens (tertiary/aromatic N) is 2. The van der Waals surface area contributed by atoms with Crippen LogP contribution in [0.4, 0.5) is 0 Å². The number of aromatic nitrogens is 2. The van der Waals surface area contributed by atoms with E-state index in [1.165, 1.54) is 0 Å². The average Bonchev–Trinajstić information content (AvgIpc) is 3.11. The van der Waals surface area contributed by atoms with Gasteiger partial charge in [0.15, 0.2) is 0 Å². The third-order valence-corrected chi connectivity index (χ3v) is 4.78. The first-order valence-corrected chi connectivity index (χ1v) is 9.78. The van der Waals surface area contributed by atoms with Crippen molar-refractivity contribution in [2.75, 3.05) is 0 Å². The minimum Gasteiger partial charge on any atom is -0.457 e. The number of imidazole rings is 1. The number of benzene rings is 2. The molecule has 0 radical (unpaired) electrons. The zero-order valence-electron chi connectivity index (χ0n) is 15.9. The summed E-state index contributed by atoms with van der Waals surface area (Å²) in [6, 6.07) is 20.8. The topological polar surface area (TPSA) is 55.6 Å². The number of carbonyl (C=O) groups is 1. The van der Waals surface area contributed by atoms with Crippen LogP contribution < -0.4 is 10.1 Å². The van der Waals surface area contributed by atoms with Crippen LogP contribution in [-0.4, -0.2) is 15.3 Å². The maximum atomic E-state index is 12.9. The highest BCUT2D eigenvalue weighted by Gasteiger charge is 2.18. The second kappa shape index (κ2) is 8.37. The maximum Gasteiger partial charge on any atom is 0.270 e. The number of fused-ring (bicyclic) bond motifs is 1. The lowest BCUT2D eigenvalue weighted by Gasteiger charge is -2.09. The fourth-order valence-corrected chi connectivity index (χ4v) is 3.28. The molecule has 0 spiro atoms. The Morgan fingerprint density at radius 2 is 1.76 bits per heavy atom. The number of ether oxygens (including phenoxy) is 1. The van der Waals surface area contributed by atoms with Gasteiger partial charge in [0.1, 0.15) is 22.8 Å². The molecule has 2 heterocycles. The van der Waals surface area contributed by atoms with Gasteiger partial charge in [0, 0.05) is 12.7 Å². The number of rotatable bonds is 6. The van der Waals surface area contributed by atoms with Gasteiger partial charge in [-0.3, -0.25) is 9.20 Å². The molecule has 0 fully saturated rings. The summed E-state index contributed by atoms with van der Waals surface area (Å²) in [5.74, 6) is 1.35. The van der Waals surface area contributed by atoms with Gasteiger partial charge in [-0.25, -0.2) is 4.98 Å². The van der Waals surface area contributed by atoms with Crippen LogP contribution in [0.15, 0.2) is 72.9 Å². The molecule has 0 unspecified atom stereocenters. The molecule has 6 heteroatoms. The smallest absolute Gasteiger partial charge is 0.270 e. The van der Waals surface area contributed by atoms with E-state index in [4.69, 9.17) is 16.3 Å². The van der Waals surface area contributed by atoms with Gasteiger partial charge in [-0.2, -0.15) is 0 Å². The van der Waals surface area contributed by atoms with Gasteiger partial charge in [0.2, 0.25) is 0 Å². The number of hydrogen-bond acceptors (Lipinski definition) is 3. The van der Waals surface area contributed by atoms with E-state index < -0.39 is 0 Å². The predicted molar refractivity (Wildman–Crippen MR) is 114 cm³/mol. The van der Waals surface area contributed by atoms with Crippen molar-refractivity contribution < 1.29 is 9.53 Å². The lowest BCUT2D eigenvalue weighted by molar-refractivity contribution is 0.0944. The van der Waals surface area contributed by atoms with Crippen LogP contribution >= 0.6 is 11.6 Å². The van der Waals surface area contributed by atoms with Crippen molar-refractivity contribution in [3.05, 3.63) is 94.9 Å². The number of nitrogens with one attached hydrogen (secondary N) is 1. The Labute approximate surface area is 173 Å². The molecule has 1 N–H and O–H groups in total. The first-order valence-electron chi connectivity index (χ1n) is 9.40. The van der Waals surface area contributed by atoms with Gasteiger partial charge in [0.05, 0.1) is 10.7 Å². The van der Waals surface area contributed by atoms with Crippen molar-refractivity contribution >= 4 is 23.2 Å². The highest BCUT2D eigenvalue weighted by molar-refractivity contribution is 6.30. The SMILES string of the molecule is CCc1nc2ccc(Cl)cn2c1C(=O)NCc1ccc(Oc2ccccc2)cc1. The highest BCUT2D eigenvalue weighted by atomic mass is 35.5. The van der Waals surface area contributed by atoms with E-state index in [-0.39, 0.29) is 5.91 Å². The molecule has 1 amide bonds. The average molecular weight is 406 g/mol. The van der Waals surface area contributed by atoms with Gasteiger partial charge >= 0.3 is 0 Å². The molecular weight excluding hydrogens is 386 g/mol. The first kappa shape index (κ1) is 19.0. The third kappa shape index (κ3) is 4.25. The van der Waals surface area contributed by atoms with Crippen molar-refractivity contribution in [1.82, 2.24) is 14.7 Å². The van der Waals surface area contributed by atoms with Crippen LogP contribution in [0, 0.1) is 0 Å². The first-order chi connectivity index (χ1) is 14.1. The summed E-state index contributed by atoms with van der Waals surface area (Å²) in [4.78, 5) is 17.4. The monoisotopic (exact) mass is 405 g/mol. The number of carbonyl (C=O) groups excluding carboxylic acids is 1. The standard InChI is InChI=1S/C23H20ClN3O2/c1-2-20-22(27-15-17(24)10-13-21(27)26-20)23(28)25-14-16-8-11-19(12-9-16)29-18-6-4-3-5-7-18/h3-13,15H,2,14H2,1H3,(H,25,28). The number of aryl methyl sites for hydroxylation is 1. The van der Waals surface area contributed by atoms with Crippen molar-refractivity contribution in [2.45, 2.75) is 19.9 Å². The van der Waals surface area contributed by atoms with E-state index in [0.717, 1.165) is 22.8 Å². The van der Waals surface area contributed by atoms with Crippen LogP contribution in [0.3, 0.4) is 0 Å². The number of para-hydroxylation sites is 1. The van der Waals surface area contributed by atoms with E-state index in [0.29, 0.717) is 29.3 Å². The van der Waals surface area contributed by atoms with Crippen LogP contribution in [0.5, 0.6) is 11.5 Å². The summed E-state index contributed by atoms with van der Waals surface area (Å²) in [5.41, 5.74) is 2.95. The zero-order valence-corrected chi connectivity index (χ0v) is 16.7. The Kier molecular flexibility index (Phi) is 5.49. The minimum absolute atomic E-state index is 0.179. The minimum atomic E-state index is -0.179. The summed E-state index contributed by atoms with van der Waals surface area (Å²) < 4.78 is 7.54. The number of pyridine rings is 1. The zero-order chi connectivity index (χ0) is 20.2. The van der Waals surface area contributed by atoms with E-state index in [1.807, 2.05) is 67.6 Å². The van der Waals surface area contributed by atoms with Crippen molar-refractivity contribution in [2.24, 2.45) is 0 Å². The Morgan fingerprint density at radius 1 is 1.03 bits per heavy atom. The molecular formula is C23H20ClN3O2. The normalized spacial score (nSPS) is 10.8. The summed E-state index contributed by atoms with van der Waals surface area (Å²) in [5, 5.41) is 3.53. The van der Waals surface area contributed by atoms with Crippen molar-refractivity contribution in [1.29, 1.82) is 0 Å². The molecule has 2 aromatic carbocycles. The Bertz CT molecular complexity index is 1140. The summed E-state index contributed by atoms with van der Waals surface area (Å²) in [6.07, 6.45) is 2.38. The van der Waals surface area contributed by atoms with E-state index in [2.05, 4.69) is 10.3 Å². The summed E-state index contributed by atoms with van der Waals surface area (Å²) in [7, 11) is 0. The third-order valence-electron chi connectivity index (χ3n) is 4.56. The van der Waals surface area contributed by atoms with Gasteiger partial charge in [-0.05, 0) is 48.4 Å². The molecule has 29 heavy (non-hydrogen) atoms. The van der Waals surface area contributed by atoms with Crippen LogP contribution in [-0.2, 0) is 13.0 Å². The van der Waals surface area contributed by atoms with E-state index in [9.17, 15) is 4.79 Å². The molecule has 0 saturated carbocycles. The molecule has 0 bridgehead atoms.